The molecule has 0 aliphatic heterocycles. The third kappa shape index (κ3) is 3.81. The van der Waals surface area contributed by atoms with Crippen molar-refractivity contribution in [3.63, 3.8) is 0 Å². The largest absolute Gasteiger partial charge is 0.455 e. The monoisotopic (exact) mass is 368 g/mol. The fraction of sp³-hybridized carbons (Fsp3) is 0.300. The Hall–Kier alpha value is -3.22. The van der Waals surface area contributed by atoms with Crippen LogP contribution in [0, 0.1) is 0 Å². The molecule has 0 aliphatic rings. The molecular weight excluding hydrogens is 344 g/mol. The molecule has 0 saturated heterocycles. The molecule has 142 valence electrons. The predicted octanol–water partition coefficient (Wildman–Crippen LogP) is 3.59. The standard InChI is InChI=1S/C20H24N4O3/c1-5-13(2)21-19(25)22-15-11-16-17(24(4)20(26)23(16)3)12-18(15)27-14-9-7-6-8-10-14/h6-13H,5H2,1-4H3,(H2,21,22,25)/t13-/m1/s1. The molecule has 0 unspecified atom stereocenters. The number of hydrogen-bond acceptors (Lipinski definition) is 3. The number of benzene rings is 2. The van der Waals surface area contributed by atoms with Gasteiger partial charge in [-0.25, -0.2) is 9.59 Å². The highest BCUT2D eigenvalue weighted by Gasteiger charge is 2.16. The van der Waals surface area contributed by atoms with E-state index in [-0.39, 0.29) is 17.8 Å². The first-order valence-electron chi connectivity index (χ1n) is 8.90. The molecule has 3 rings (SSSR count). The lowest BCUT2D eigenvalue weighted by atomic mass is 10.2. The smallest absolute Gasteiger partial charge is 0.328 e. The van der Waals surface area contributed by atoms with Crippen molar-refractivity contribution in [2.75, 3.05) is 5.32 Å². The first-order valence-corrected chi connectivity index (χ1v) is 8.90. The molecule has 7 heteroatoms. The van der Waals surface area contributed by atoms with Crippen molar-refractivity contribution in [1.29, 1.82) is 0 Å². The Bertz CT molecular complexity index is 1020. The van der Waals surface area contributed by atoms with Gasteiger partial charge in [-0.3, -0.25) is 9.13 Å². The van der Waals surface area contributed by atoms with Gasteiger partial charge in [0.2, 0.25) is 0 Å². The van der Waals surface area contributed by atoms with Crippen LogP contribution in [0.1, 0.15) is 20.3 Å². The number of nitrogens with zero attached hydrogens (tertiary/aromatic N) is 2. The van der Waals surface area contributed by atoms with Crippen molar-refractivity contribution in [3.8, 4) is 11.5 Å². The normalized spacial score (nSPS) is 12.0. The summed E-state index contributed by atoms with van der Waals surface area (Å²) in [6.45, 7) is 3.94. The lowest BCUT2D eigenvalue weighted by molar-refractivity contribution is 0.249. The molecular formula is C20H24N4O3. The van der Waals surface area contributed by atoms with Crippen molar-refractivity contribution in [2.24, 2.45) is 14.1 Å². The molecule has 1 aromatic heterocycles. The van der Waals surface area contributed by atoms with Gasteiger partial charge in [0.05, 0.1) is 16.7 Å². The van der Waals surface area contributed by atoms with Crippen LogP contribution in [0.5, 0.6) is 11.5 Å². The quantitative estimate of drug-likeness (QED) is 0.722. The Morgan fingerprint density at radius 3 is 2.37 bits per heavy atom. The van der Waals surface area contributed by atoms with Gasteiger partial charge in [-0.2, -0.15) is 0 Å². The van der Waals surface area contributed by atoms with Crippen LogP contribution < -0.4 is 21.1 Å². The van der Waals surface area contributed by atoms with E-state index in [2.05, 4.69) is 10.6 Å². The van der Waals surface area contributed by atoms with Gasteiger partial charge in [0.1, 0.15) is 5.75 Å². The highest BCUT2D eigenvalue weighted by molar-refractivity contribution is 5.95. The Morgan fingerprint density at radius 1 is 1.11 bits per heavy atom. The number of nitrogens with one attached hydrogen (secondary N) is 2. The first-order chi connectivity index (χ1) is 12.9. The zero-order chi connectivity index (χ0) is 19.6. The number of carbonyl (C=O) groups is 1. The molecule has 2 aromatic carbocycles. The lowest BCUT2D eigenvalue weighted by Crippen LogP contribution is -2.35. The van der Waals surface area contributed by atoms with E-state index in [9.17, 15) is 9.59 Å². The molecule has 0 radical (unpaired) electrons. The highest BCUT2D eigenvalue weighted by atomic mass is 16.5. The lowest BCUT2D eigenvalue weighted by Gasteiger charge is -2.16. The number of aryl methyl sites for hydroxylation is 2. The molecule has 1 atom stereocenters. The zero-order valence-corrected chi connectivity index (χ0v) is 15.9. The van der Waals surface area contributed by atoms with Gasteiger partial charge >= 0.3 is 11.7 Å². The average Bonchev–Trinajstić information content (AvgIpc) is 2.86. The Labute approximate surface area is 157 Å². The highest BCUT2D eigenvalue weighted by Crippen LogP contribution is 2.33. The van der Waals surface area contributed by atoms with Gasteiger partial charge in [-0.1, -0.05) is 25.1 Å². The fourth-order valence-corrected chi connectivity index (χ4v) is 2.81. The van der Waals surface area contributed by atoms with Crippen LogP contribution >= 0.6 is 0 Å². The molecule has 0 saturated carbocycles. The Balaban J connectivity index is 2.05. The minimum atomic E-state index is -0.317. The summed E-state index contributed by atoms with van der Waals surface area (Å²) in [5, 5.41) is 5.71. The van der Waals surface area contributed by atoms with Crippen LogP contribution in [0.25, 0.3) is 11.0 Å². The van der Waals surface area contributed by atoms with Gasteiger partial charge < -0.3 is 15.4 Å². The number of carbonyl (C=O) groups excluding carboxylic acids is 1. The maximum absolute atomic E-state index is 12.3. The predicted molar refractivity (Wildman–Crippen MR) is 107 cm³/mol. The molecule has 2 amide bonds. The minimum absolute atomic E-state index is 0.0494. The second kappa shape index (κ2) is 7.57. The number of anilines is 1. The maximum atomic E-state index is 12.3. The number of imidazole rings is 1. The first kappa shape index (κ1) is 18.6. The van der Waals surface area contributed by atoms with Gasteiger partial charge in [0.25, 0.3) is 0 Å². The van der Waals surface area contributed by atoms with E-state index in [4.69, 9.17) is 4.74 Å². The van der Waals surface area contributed by atoms with Crippen molar-refractivity contribution in [2.45, 2.75) is 26.3 Å². The number of rotatable bonds is 5. The van der Waals surface area contributed by atoms with Gasteiger partial charge in [0.15, 0.2) is 5.75 Å². The summed E-state index contributed by atoms with van der Waals surface area (Å²) >= 11 is 0. The molecule has 0 aliphatic carbocycles. The number of urea groups is 1. The summed E-state index contributed by atoms with van der Waals surface area (Å²) < 4.78 is 9.08. The van der Waals surface area contributed by atoms with Crippen LogP contribution in [0.3, 0.4) is 0 Å². The number of hydrogen-bond donors (Lipinski definition) is 2. The topological polar surface area (TPSA) is 77.3 Å². The summed E-state index contributed by atoms with van der Waals surface area (Å²) in [7, 11) is 3.41. The molecule has 1 heterocycles. The van der Waals surface area contributed by atoms with Crippen LogP contribution in [0.4, 0.5) is 10.5 Å². The Morgan fingerprint density at radius 2 is 1.74 bits per heavy atom. The van der Waals surface area contributed by atoms with Gasteiger partial charge in [-0.15, -0.1) is 0 Å². The van der Waals surface area contributed by atoms with Crippen LogP contribution in [0.15, 0.2) is 47.3 Å². The number of para-hydroxylation sites is 1. The van der Waals surface area contributed by atoms with Gasteiger partial charge in [-0.05, 0) is 31.5 Å². The van der Waals surface area contributed by atoms with Crippen LogP contribution in [-0.4, -0.2) is 21.2 Å². The van der Waals surface area contributed by atoms with Crippen molar-refractivity contribution in [3.05, 3.63) is 52.9 Å². The van der Waals surface area contributed by atoms with Gasteiger partial charge in [0, 0.05) is 26.2 Å². The number of amides is 2. The van der Waals surface area contributed by atoms with Crippen LogP contribution in [-0.2, 0) is 14.1 Å². The summed E-state index contributed by atoms with van der Waals surface area (Å²) in [6, 6.07) is 12.6. The third-order valence-electron chi connectivity index (χ3n) is 4.58. The molecule has 2 N–H and O–H groups in total. The summed E-state index contributed by atoms with van der Waals surface area (Å²) in [5.74, 6) is 1.11. The van der Waals surface area contributed by atoms with E-state index < -0.39 is 0 Å². The van der Waals surface area contributed by atoms with Crippen LogP contribution in [0.2, 0.25) is 0 Å². The molecule has 7 nitrogen and oxygen atoms in total. The van der Waals surface area contributed by atoms with E-state index in [1.54, 1.807) is 35.4 Å². The average molecular weight is 368 g/mol. The van der Waals surface area contributed by atoms with Crippen molar-refractivity contribution in [1.82, 2.24) is 14.5 Å². The molecule has 0 bridgehead atoms. The number of aromatic nitrogens is 2. The zero-order valence-electron chi connectivity index (χ0n) is 15.9. The van der Waals surface area contributed by atoms with Crippen molar-refractivity contribution >= 4 is 22.8 Å². The number of ether oxygens (including phenoxy) is 1. The SMILES string of the molecule is CC[C@@H](C)NC(=O)Nc1cc2c(cc1Oc1ccccc1)n(C)c(=O)n2C. The minimum Gasteiger partial charge on any atom is -0.455 e. The summed E-state index contributed by atoms with van der Waals surface area (Å²) in [5.41, 5.74) is 1.79. The second-order valence-electron chi connectivity index (χ2n) is 6.56. The molecule has 0 fully saturated rings. The van der Waals surface area contributed by atoms with E-state index in [0.29, 0.717) is 22.7 Å². The second-order valence-corrected chi connectivity index (χ2v) is 6.56. The van der Waals surface area contributed by atoms with Crippen molar-refractivity contribution < 1.29 is 9.53 Å². The number of fused-ring (bicyclic) bond motifs is 1. The molecule has 3 aromatic rings. The van der Waals surface area contributed by atoms with E-state index in [0.717, 1.165) is 11.9 Å². The third-order valence-corrected chi connectivity index (χ3v) is 4.58. The van der Waals surface area contributed by atoms with E-state index in [1.165, 1.54) is 0 Å². The Kier molecular flexibility index (Phi) is 5.21. The summed E-state index contributed by atoms with van der Waals surface area (Å²) in [6.07, 6.45) is 0.826. The summed E-state index contributed by atoms with van der Waals surface area (Å²) in [4.78, 5) is 24.6. The maximum Gasteiger partial charge on any atom is 0.328 e. The molecule has 0 spiro atoms. The molecule has 27 heavy (non-hydrogen) atoms. The van der Waals surface area contributed by atoms with E-state index >= 15 is 0 Å². The fourth-order valence-electron chi connectivity index (χ4n) is 2.81. The van der Waals surface area contributed by atoms with E-state index in [1.807, 2.05) is 44.2 Å².